The minimum Gasteiger partial charge on any atom is -0.211 e. The Morgan fingerprint density at radius 3 is 2.20 bits per heavy atom. The fourth-order valence-corrected chi connectivity index (χ4v) is 2.25. The molecule has 62 valence electrons. The Bertz CT molecular complexity index is 178. The maximum absolute atomic E-state index is 11.1. The SMILES string of the molecule is CCCS(=O)(=O)N(I)CC. The van der Waals surface area contributed by atoms with Gasteiger partial charge < -0.3 is 0 Å². The highest BCUT2D eigenvalue weighted by molar-refractivity contribution is 14.1. The van der Waals surface area contributed by atoms with E-state index in [1.54, 1.807) is 0 Å². The normalized spacial score (nSPS) is 12.4. The number of sulfonamides is 1. The molecule has 0 N–H and O–H groups in total. The van der Waals surface area contributed by atoms with E-state index < -0.39 is 10.0 Å². The van der Waals surface area contributed by atoms with Gasteiger partial charge in [0, 0.05) is 29.4 Å². The molecule has 0 unspecified atom stereocenters. The summed E-state index contributed by atoms with van der Waals surface area (Å²) in [6.45, 7) is 4.22. The maximum Gasteiger partial charge on any atom is 0.222 e. The Kier molecular flexibility index (Phi) is 4.79. The molecular formula is C5H12INO2S. The molecule has 3 nitrogen and oxygen atoms in total. The van der Waals surface area contributed by atoms with Gasteiger partial charge in [-0.3, -0.25) is 0 Å². The molecule has 0 bridgehead atoms. The minimum atomic E-state index is -2.94. The van der Waals surface area contributed by atoms with Gasteiger partial charge in [-0.25, -0.2) is 8.42 Å². The molecule has 0 amide bonds. The van der Waals surface area contributed by atoms with E-state index in [4.69, 9.17) is 0 Å². The third-order valence-corrected chi connectivity index (χ3v) is 5.28. The van der Waals surface area contributed by atoms with E-state index in [0.717, 1.165) is 0 Å². The van der Waals surface area contributed by atoms with Crippen LogP contribution in [0.5, 0.6) is 0 Å². The topological polar surface area (TPSA) is 37.4 Å². The monoisotopic (exact) mass is 277 g/mol. The van der Waals surface area contributed by atoms with Crippen LogP contribution in [0.3, 0.4) is 0 Å². The summed E-state index contributed by atoms with van der Waals surface area (Å²) in [5.74, 6) is 0.254. The molecule has 0 spiro atoms. The van der Waals surface area contributed by atoms with Crippen LogP contribution in [0.15, 0.2) is 0 Å². The van der Waals surface area contributed by atoms with Gasteiger partial charge in [0.15, 0.2) is 0 Å². The van der Waals surface area contributed by atoms with Crippen molar-refractivity contribution in [1.29, 1.82) is 0 Å². The zero-order chi connectivity index (χ0) is 8.20. The van der Waals surface area contributed by atoms with Gasteiger partial charge in [-0.1, -0.05) is 13.8 Å². The van der Waals surface area contributed by atoms with Crippen LogP contribution in [-0.2, 0) is 10.0 Å². The van der Waals surface area contributed by atoms with Crippen LogP contribution in [0.25, 0.3) is 0 Å². The van der Waals surface area contributed by atoms with Crippen LogP contribution in [-0.4, -0.2) is 23.2 Å². The lowest BCUT2D eigenvalue weighted by Crippen LogP contribution is -2.23. The van der Waals surface area contributed by atoms with Crippen LogP contribution < -0.4 is 0 Å². The first-order valence-corrected chi connectivity index (χ1v) is 5.78. The highest BCUT2D eigenvalue weighted by Gasteiger charge is 2.15. The molecule has 0 rings (SSSR count). The molecule has 0 aliphatic carbocycles. The third-order valence-electron chi connectivity index (χ3n) is 1.01. The molecule has 0 aromatic rings. The van der Waals surface area contributed by atoms with Crippen molar-refractivity contribution in [3.8, 4) is 0 Å². The first-order chi connectivity index (χ1) is 4.54. The molecule has 0 aromatic heterocycles. The average molecular weight is 277 g/mol. The summed E-state index contributed by atoms with van der Waals surface area (Å²) in [6, 6.07) is 0. The van der Waals surface area contributed by atoms with Crippen LogP contribution in [0.4, 0.5) is 0 Å². The van der Waals surface area contributed by atoms with E-state index in [-0.39, 0.29) is 5.75 Å². The third kappa shape index (κ3) is 3.16. The van der Waals surface area contributed by atoms with Gasteiger partial charge in [0.1, 0.15) is 0 Å². The van der Waals surface area contributed by atoms with Crippen molar-refractivity contribution in [2.45, 2.75) is 20.3 Å². The molecule has 10 heavy (non-hydrogen) atoms. The second-order valence-corrected chi connectivity index (χ2v) is 5.75. The van der Waals surface area contributed by atoms with Crippen molar-refractivity contribution < 1.29 is 8.42 Å². The van der Waals surface area contributed by atoms with Crippen molar-refractivity contribution in [2.24, 2.45) is 0 Å². The van der Waals surface area contributed by atoms with Gasteiger partial charge in [-0.05, 0) is 6.42 Å². The van der Waals surface area contributed by atoms with E-state index in [1.165, 1.54) is 2.52 Å². The van der Waals surface area contributed by atoms with Crippen molar-refractivity contribution in [1.82, 2.24) is 2.52 Å². The van der Waals surface area contributed by atoms with Gasteiger partial charge in [0.2, 0.25) is 10.0 Å². The number of hydrogen-bond acceptors (Lipinski definition) is 2. The molecule has 0 fully saturated rings. The van der Waals surface area contributed by atoms with Gasteiger partial charge in [0.25, 0.3) is 0 Å². The van der Waals surface area contributed by atoms with Gasteiger partial charge >= 0.3 is 0 Å². The summed E-state index contributed by atoms with van der Waals surface area (Å²) >= 11 is 1.82. The van der Waals surface area contributed by atoms with Crippen molar-refractivity contribution >= 4 is 32.9 Å². The molecule has 0 aliphatic rings. The van der Waals surface area contributed by atoms with E-state index in [1.807, 2.05) is 36.7 Å². The average Bonchev–Trinajstić information content (AvgIpc) is 1.86. The lowest BCUT2D eigenvalue weighted by molar-refractivity contribution is 0.558. The lowest BCUT2D eigenvalue weighted by atomic mass is 10.6. The van der Waals surface area contributed by atoms with Crippen molar-refractivity contribution in [3.05, 3.63) is 0 Å². The van der Waals surface area contributed by atoms with Gasteiger partial charge in [-0.2, -0.15) is 0 Å². The molecular weight excluding hydrogens is 265 g/mol. The van der Waals surface area contributed by atoms with E-state index >= 15 is 0 Å². The quantitative estimate of drug-likeness (QED) is 0.575. The Balaban J connectivity index is 4.12. The molecule has 0 saturated heterocycles. The van der Waals surface area contributed by atoms with E-state index in [2.05, 4.69) is 0 Å². The van der Waals surface area contributed by atoms with Crippen molar-refractivity contribution in [3.63, 3.8) is 0 Å². The van der Waals surface area contributed by atoms with Crippen LogP contribution in [0.1, 0.15) is 20.3 Å². The standard InChI is InChI=1S/C5H12INO2S/c1-3-5-10(8,9)7(6)4-2/h3-5H2,1-2H3. The predicted molar refractivity (Wildman–Crippen MR) is 50.5 cm³/mol. The Labute approximate surface area is 76.3 Å². The molecule has 0 heterocycles. The minimum absolute atomic E-state index is 0.254. The predicted octanol–water partition coefficient (Wildman–Crippen LogP) is 1.40. The zero-order valence-corrected chi connectivity index (χ0v) is 9.15. The summed E-state index contributed by atoms with van der Waals surface area (Å²) in [7, 11) is -2.94. The van der Waals surface area contributed by atoms with Crippen LogP contribution in [0, 0.1) is 0 Å². The number of rotatable bonds is 4. The molecule has 0 saturated carbocycles. The van der Waals surface area contributed by atoms with Crippen molar-refractivity contribution in [2.75, 3.05) is 12.3 Å². The molecule has 0 aromatic carbocycles. The molecule has 0 atom stereocenters. The van der Waals surface area contributed by atoms with Crippen LogP contribution >= 0.6 is 22.9 Å². The van der Waals surface area contributed by atoms with Crippen LogP contribution in [0.2, 0.25) is 0 Å². The zero-order valence-electron chi connectivity index (χ0n) is 6.17. The summed E-state index contributed by atoms with van der Waals surface area (Å²) in [5, 5.41) is 0. The summed E-state index contributed by atoms with van der Waals surface area (Å²) < 4.78 is 23.5. The van der Waals surface area contributed by atoms with Gasteiger partial charge in [0.05, 0.1) is 5.75 Å². The summed E-state index contributed by atoms with van der Waals surface area (Å²) in [5.41, 5.74) is 0. The fourth-order valence-electron chi connectivity index (χ4n) is 0.554. The maximum atomic E-state index is 11.1. The Morgan fingerprint density at radius 2 is 1.90 bits per heavy atom. The molecule has 5 heteroatoms. The van der Waals surface area contributed by atoms with E-state index in [9.17, 15) is 8.42 Å². The lowest BCUT2D eigenvalue weighted by Gasteiger charge is -2.10. The number of hydrogen-bond donors (Lipinski definition) is 0. The highest BCUT2D eigenvalue weighted by atomic mass is 127. The molecule has 0 radical (unpaired) electrons. The Morgan fingerprint density at radius 1 is 1.40 bits per heavy atom. The smallest absolute Gasteiger partial charge is 0.211 e. The fraction of sp³-hybridized carbons (Fsp3) is 1.00. The summed E-state index contributed by atoms with van der Waals surface area (Å²) in [4.78, 5) is 0. The Hall–Kier alpha value is 0.640. The first kappa shape index (κ1) is 10.6. The summed E-state index contributed by atoms with van der Waals surface area (Å²) in [6.07, 6.45) is 0.682. The highest BCUT2D eigenvalue weighted by Crippen LogP contribution is 2.08. The number of nitrogens with zero attached hydrogens (tertiary/aromatic N) is 1. The molecule has 0 aliphatic heterocycles. The van der Waals surface area contributed by atoms with E-state index in [0.29, 0.717) is 13.0 Å². The number of halogens is 1. The second kappa shape index (κ2) is 4.50. The largest absolute Gasteiger partial charge is 0.222 e. The first-order valence-electron chi connectivity index (χ1n) is 3.20. The van der Waals surface area contributed by atoms with Gasteiger partial charge in [-0.15, -0.1) is 2.52 Å². The second-order valence-electron chi connectivity index (χ2n) is 1.92.